The third-order valence-electron chi connectivity index (χ3n) is 4.56. The van der Waals surface area contributed by atoms with Gasteiger partial charge in [0.25, 0.3) is 5.91 Å². The van der Waals surface area contributed by atoms with Crippen LogP contribution in [0.3, 0.4) is 0 Å². The van der Waals surface area contributed by atoms with Gasteiger partial charge >= 0.3 is 0 Å². The fourth-order valence-corrected chi connectivity index (χ4v) is 4.00. The Labute approximate surface area is 196 Å². The molecule has 7 heteroatoms. The normalized spacial score (nSPS) is 15.8. The van der Waals surface area contributed by atoms with Gasteiger partial charge in [0.1, 0.15) is 18.1 Å². The minimum Gasteiger partial charge on any atom is -0.494 e. The van der Waals surface area contributed by atoms with Gasteiger partial charge in [0.15, 0.2) is 5.17 Å². The Hall–Kier alpha value is -3.22. The van der Waals surface area contributed by atoms with Gasteiger partial charge in [0, 0.05) is 10.6 Å². The molecule has 1 heterocycles. The number of nitrogens with one attached hydrogen (secondary N) is 1. The summed E-state index contributed by atoms with van der Waals surface area (Å²) in [6, 6.07) is 22.6. The molecule has 0 unspecified atom stereocenters. The van der Waals surface area contributed by atoms with Crippen molar-refractivity contribution in [3.05, 3.63) is 93.9 Å². The highest BCUT2D eigenvalue weighted by Gasteiger charge is 2.23. The minimum atomic E-state index is -0.168. The summed E-state index contributed by atoms with van der Waals surface area (Å²) in [6.07, 6.45) is 1.83. The molecule has 3 aromatic rings. The summed E-state index contributed by atoms with van der Waals surface area (Å²) in [5.41, 5.74) is 2.58. The first-order valence-electron chi connectivity index (χ1n) is 10.1. The predicted molar refractivity (Wildman–Crippen MR) is 131 cm³/mol. The summed E-state index contributed by atoms with van der Waals surface area (Å²) in [7, 11) is 0. The van der Waals surface area contributed by atoms with Crippen LogP contribution in [0, 0.1) is 0 Å². The van der Waals surface area contributed by atoms with E-state index in [1.165, 1.54) is 11.8 Å². The molecule has 1 aliphatic heterocycles. The number of carbonyl (C=O) groups excluding carboxylic acids is 1. The van der Waals surface area contributed by atoms with Crippen molar-refractivity contribution < 1.29 is 14.3 Å². The molecule has 1 N–H and O–H groups in total. The van der Waals surface area contributed by atoms with Gasteiger partial charge in [-0.2, -0.15) is 0 Å². The number of rotatable bonds is 7. The molecule has 0 atom stereocenters. The number of halogens is 1. The van der Waals surface area contributed by atoms with Gasteiger partial charge in [-0.15, -0.1) is 0 Å². The van der Waals surface area contributed by atoms with Gasteiger partial charge in [-0.1, -0.05) is 41.9 Å². The number of ether oxygens (including phenoxy) is 2. The SMILES string of the molecule is CCOc1ccc(N=C2NC(=O)/C(=C/c3ccc(OCc4ccccc4Cl)cc3)S2)cc1. The number of aliphatic imine (C=N–C) groups is 1. The van der Waals surface area contributed by atoms with Gasteiger partial charge in [0.05, 0.1) is 17.2 Å². The number of thioether (sulfide) groups is 1. The summed E-state index contributed by atoms with van der Waals surface area (Å²) >= 11 is 7.47. The van der Waals surface area contributed by atoms with Crippen molar-refractivity contribution >= 4 is 46.2 Å². The predicted octanol–water partition coefficient (Wildman–Crippen LogP) is 6.21. The highest BCUT2D eigenvalue weighted by atomic mass is 35.5. The first-order chi connectivity index (χ1) is 15.6. The molecule has 1 fully saturated rings. The molecule has 0 spiro atoms. The summed E-state index contributed by atoms with van der Waals surface area (Å²) in [6.45, 7) is 2.94. The second-order valence-corrected chi connectivity index (χ2v) is 8.30. The van der Waals surface area contributed by atoms with Crippen molar-refractivity contribution in [1.29, 1.82) is 0 Å². The highest BCUT2D eigenvalue weighted by molar-refractivity contribution is 8.18. The molecule has 5 nitrogen and oxygen atoms in total. The lowest BCUT2D eigenvalue weighted by Gasteiger charge is -2.08. The smallest absolute Gasteiger partial charge is 0.264 e. The van der Waals surface area contributed by atoms with Crippen LogP contribution >= 0.6 is 23.4 Å². The Bertz CT molecular complexity index is 1160. The van der Waals surface area contributed by atoms with Crippen LogP contribution in [0.25, 0.3) is 6.08 Å². The number of benzene rings is 3. The number of amidine groups is 1. The van der Waals surface area contributed by atoms with Crippen LogP contribution in [0.2, 0.25) is 5.02 Å². The number of hydrogen-bond acceptors (Lipinski definition) is 5. The number of carbonyl (C=O) groups is 1. The van der Waals surface area contributed by atoms with E-state index < -0.39 is 0 Å². The Morgan fingerprint density at radius 1 is 0.969 bits per heavy atom. The average Bonchev–Trinajstić information content (AvgIpc) is 3.14. The van der Waals surface area contributed by atoms with E-state index in [2.05, 4.69) is 10.3 Å². The zero-order valence-electron chi connectivity index (χ0n) is 17.4. The van der Waals surface area contributed by atoms with Crippen molar-refractivity contribution in [2.24, 2.45) is 4.99 Å². The molecule has 1 saturated heterocycles. The zero-order valence-corrected chi connectivity index (χ0v) is 19.0. The lowest BCUT2D eigenvalue weighted by atomic mass is 10.2. The second-order valence-electron chi connectivity index (χ2n) is 6.86. The average molecular weight is 465 g/mol. The van der Waals surface area contributed by atoms with Crippen LogP contribution in [0.15, 0.2) is 82.7 Å². The molecule has 1 amide bonds. The Morgan fingerprint density at radius 2 is 1.66 bits per heavy atom. The van der Waals surface area contributed by atoms with Crippen LogP contribution in [0.4, 0.5) is 5.69 Å². The van der Waals surface area contributed by atoms with Gasteiger partial charge in [0.2, 0.25) is 0 Å². The van der Waals surface area contributed by atoms with Crippen molar-refractivity contribution in [1.82, 2.24) is 5.32 Å². The Balaban J connectivity index is 1.39. The third-order valence-corrected chi connectivity index (χ3v) is 5.84. The molecule has 0 bridgehead atoms. The van der Waals surface area contributed by atoms with Gasteiger partial charge in [-0.05, 0) is 72.8 Å². The minimum absolute atomic E-state index is 0.168. The number of amides is 1. The molecule has 0 saturated carbocycles. The van der Waals surface area contributed by atoms with Crippen molar-refractivity contribution in [2.45, 2.75) is 13.5 Å². The van der Waals surface area contributed by atoms with E-state index in [0.717, 1.165) is 28.3 Å². The molecule has 0 aliphatic carbocycles. The van der Waals surface area contributed by atoms with E-state index in [1.807, 2.05) is 85.8 Å². The van der Waals surface area contributed by atoms with E-state index in [1.54, 1.807) is 0 Å². The molecule has 4 rings (SSSR count). The van der Waals surface area contributed by atoms with E-state index >= 15 is 0 Å². The fraction of sp³-hybridized carbons (Fsp3) is 0.120. The van der Waals surface area contributed by atoms with Crippen LogP contribution < -0.4 is 14.8 Å². The van der Waals surface area contributed by atoms with Crippen LogP contribution in [0.5, 0.6) is 11.5 Å². The van der Waals surface area contributed by atoms with E-state index in [-0.39, 0.29) is 5.91 Å². The molecular formula is C25H21ClN2O3S. The second kappa shape index (κ2) is 10.4. The number of hydrogen-bond donors (Lipinski definition) is 1. The standard InChI is InChI=1S/C25H21ClN2O3S/c1-2-30-20-13-9-19(10-14-20)27-25-28-24(29)23(32-25)15-17-7-11-21(12-8-17)31-16-18-5-3-4-6-22(18)26/h3-15H,2,16H2,1H3,(H,27,28,29)/b23-15-. The maximum Gasteiger partial charge on any atom is 0.264 e. The molecular weight excluding hydrogens is 444 g/mol. The van der Waals surface area contributed by atoms with Crippen LogP contribution in [0.1, 0.15) is 18.1 Å². The lowest BCUT2D eigenvalue weighted by molar-refractivity contribution is -0.115. The molecule has 3 aromatic carbocycles. The van der Waals surface area contributed by atoms with Gasteiger partial charge in [-0.25, -0.2) is 4.99 Å². The maximum absolute atomic E-state index is 12.3. The van der Waals surface area contributed by atoms with Crippen LogP contribution in [-0.2, 0) is 11.4 Å². The Kier molecular flexibility index (Phi) is 7.14. The van der Waals surface area contributed by atoms with Gasteiger partial charge in [-0.3, -0.25) is 4.79 Å². The topological polar surface area (TPSA) is 59.9 Å². The van der Waals surface area contributed by atoms with Crippen molar-refractivity contribution in [3.8, 4) is 11.5 Å². The summed E-state index contributed by atoms with van der Waals surface area (Å²) in [5.74, 6) is 1.35. The molecule has 162 valence electrons. The van der Waals surface area contributed by atoms with Crippen molar-refractivity contribution in [3.63, 3.8) is 0 Å². The summed E-state index contributed by atoms with van der Waals surface area (Å²) < 4.78 is 11.2. The molecule has 0 aromatic heterocycles. The van der Waals surface area contributed by atoms with Crippen molar-refractivity contribution in [2.75, 3.05) is 6.61 Å². The fourth-order valence-electron chi connectivity index (χ4n) is 2.97. The monoisotopic (exact) mass is 464 g/mol. The highest BCUT2D eigenvalue weighted by Crippen LogP contribution is 2.29. The lowest BCUT2D eigenvalue weighted by Crippen LogP contribution is -2.19. The maximum atomic E-state index is 12.3. The first-order valence-corrected chi connectivity index (χ1v) is 11.3. The van der Waals surface area contributed by atoms with E-state index in [0.29, 0.717) is 28.3 Å². The summed E-state index contributed by atoms with van der Waals surface area (Å²) in [4.78, 5) is 17.4. The van der Waals surface area contributed by atoms with Gasteiger partial charge < -0.3 is 14.8 Å². The molecule has 32 heavy (non-hydrogen) atoms. The third kappa shape index (κ3) is 5.72. The first kappa shape index (κ1) is 22.0. The van der Waals surface area contributed by atoms with E-state index in [4.69, 9.17) is 21.1 Å². The van der Waals surface area contributed by atoms with Crippen LogP contribution in [-0.4, -0.2) is 17.7 Å². The number of nitrogens with zero attached hydrogens (tertiary/aromatic N) is 1. The molecule has 1 aliphatic rings. The quantitative estimate of drug-likeness (QED) is 0.422. The zero-order chi connectivity index (χ0) is 22.3. The molecule has 0 radical (unpaired) electrons. The Morgan fingerprint density at radius 3 is 2.38 bits per heavy atom. The largest absolute Gasteiger partial charge is 0.494 e. The van der Waals surface area contributed by atoms with E-state index in [9.17, 15) is 4.79 Å². The summed E-state index contributed by atoms with van der Waals surface area (Å²) in [5, 5.41) is 4.03.